The Labute approximate surface area is 124 Å². The van der Waals surface area contributed by atoms with E-state index in [0.29, 0.717) is 12.1 Å². The van der Waals surface area contributed by atoms with Gasteiger partial charge in [0.05, 0.1) is 0 Å². The van der Waals surface area contributed by atoms with Crippen LogP contribution in [0.2, 0.25) is 0 Å². The molecule has 1 aliphatic rings. The van der Waals surface area contributed by atoms with Gasteiger partial charge in [0.2, 0.25) is 0 Å². The smallest absolute Gasteiger partial charge is 0.0317 e. The van der Waals surface area contributed by atoms with Gasteiger partial charge < -0.3 is 10.2 Å². The van der Waals surface area contributed by atoms with Crippen LogP contribution in [0.4, 0.5) is 0 Å². The molecule has 0 radical (unpaired) electrons. The van der Waals surface area contributed by atoms with Gasteiger partial charge in [0, 0.05) is 18.6 Å². The van der Waals surface area contributed by atoms with Crippen molar-refractivity contribution in [3.05, 3.63) is 35.4 Å². The zero-order valence-electron chi connectivity index (χ0n) is 13.5. The minimum absolute atomic E-state index is 0.503. The van der Waals surface area contributed by atoms with Crippen LogP contribution in [0.25, 0.3) is 0 Å². The van der Waals surface area contributed by atoms with E-state index in [-0.39, 0.29) is 0 Å². The molecule has 2 heteroatoms. The molecule has 20 heavy (non-hydrogen) atoms. The minimum Gasteiger partial charge on any atom is -0.310 e. The van der Waals surface area contributed by atoms with Crippen molar-refractivity contribution in [1.82, 2.24) is 10.2 Å². The number of nitrogens with one attached hydrogen (secondary N) is 1. The lowest BCUT2D eigenvalue weighted by molar-refractivity contribution is 0.262. The summed E-state index contributed by atoms with van der Waals surface area (Å²) < 4.78 is 0. The van der Waals surface area contributed by atoms with Crippen molar-refractivity contribution < 1.29 is 0 Å². The van der Waals surface area contributed by atoms with E-state index in [0.717, 1.165) is 18.9 Å². The molecule has 0 bridgehead atoms. The van der Waals surface area contributed by atoms with E-state index in [1.807, 2.05) is 0 Å². The van der Waals surface area contributed by atoms with Gasteiger partial charge in [-0.2, -0.15) is 0 Å². The Morgan fingerprint density at radius 1 is 1.25 bits per heavy atom. The zero-order chi connectivity index (χ0) is 14.5. The first kappa shape index (κ1) is 15.5. The number of nitrogens with zero attached hydrogens (tertiary/aromatic N) is 1. The first-order valence-electron chi connectivity index (χ1n) is 8.14. The largest absolute Gasteiger partial charge is 0.310 e. The molecule has 2 nitrogen and oxygen atoms in total. The van der Waals surface area contributed by atoms with E-state index >= 15 is 0 Å². The van der Waals surface area contributed by atoms with Gasteiger partial charge in [-0.05, 0) is 58.2 Å². The molecule has 2 atom stereocenters. The van der Waals surface area contributed by atoms with Gasteiger partial charge in [-0.25, -0.2) is 0 Å². The summed E-state index contributed by atoms with van der Waals surface area (Å²) in [6, 6.07) is 10.2. The summed E-state index contributed by atoms with van der Waals surface area (Å²) in [5.74, 6) is 0.817. The van der Waals surface area contributed by atoms with Crippen LogP contribution in [0, 0.1) is 12.8 Å². The van der Waals surface area contributed by atoms with E-state index in [1.165, 1.54) is 30.6 Å². The molecule has 0 saturated carbocycles. The van der Waals surface area contributed by atoms with Crippen molar-refractivity contribution in [2.24, 2.45) is 5.92 Å². The molecular weight excluding hydrogens is 244 g/mol. The Balaban J connectivity index is 1.84. The van der Waals surface area contributed by atoms with Crippen LogP contribution in [0.3, 0.4) is 0 Å². The fourth-order valence-electron chi connectivity index (χ4n) is 3.10. The molecule has 112 valence electrons. The van der Waals surface area contributed by atoms with Crippen LogP contribution in [0.5, 0.6) is 0 Å². The SMILES string of the molecule is CCC(NCC1CCN(C(C)C)C1)c1ccc(C)cc1. The number of benzene rings is 1. The topological polar surface area (TPSA) is 15.3 Å². The Hall–Kier alpha value is -0.860. The minimum atomic E-state index is 0.503. The molecule has 2 rings (SSSR count). The van der Waals surface area contributed by atoms with E-state index < -0.39 is 0 Å². The van der Waals surface area contributed by atoms with Crippen molar-refractivity contribution in [2.45, 2.75) is 52.6 Å². The monoisotopic (exact) mass is 274 g/mol. The Morgan fingerprint density at radius 3 is 2.50 bits per heavy atom. The second-order valence-corrected chi connectivity index (χ2v) is 6.52. The fourth-order valence-corrected chi connectivity index (χ4v) is 3.10. The molecule has 1 aromatic rings. The van der Waals surface area contributed by atoms with Crippen molar-refractivity contribution in [3.63, 3.8) is 0 Å². The number of aryl methyl sites for hydroxylation is 1. The molecule has 1 saturated heterocycles. The van der Waals surface area contributed by atoms with Crippen LogP contribution >= 0.6 is 0 Å². The van der Waals surface area contributed by atoms with E-state index in [2.05, 4.69) is 62.2 Å². The van der Waals surface area contributed by atoms with Crippen LogP contribution in [-0.2, 0) is 0 Å². The lowest BCUT2D eigenvalue weighted by atomic mass is 10.0. The number of rotatable bonds is 6. The predicted molar refractivity (Wildman–Crippen MR) is 87.0 cm³/mol. The molecule has 0 amide bonds. The van der Waals surface area contributed by atoms with Crippen molar-refractivity contribution >= 4 is 0 Å². The summed E-state index contributed by atoms with van der Waals surface area (Å²) in [5, 5.41) is 3.78. The van der Waals surface area contributed by atoms with Crippen LogP contribution in [0.15, 0.2) is 24.3 Å². The quantitative estimate of drug-likeness (QED) is 0.849. The second-order valence-electron chi connectivity index (χ2n) is 6.52. The highest BCUT2D eigenvalue weighted by molar-refractivity contribution is 5.24. The van der Waals surface area contributed by atoms with Crippen molar-refractivity contribution in [3.8, 4) is 0 Å². The van der Waals surface area contributed by atoms with Gasteiger partial charge in [0.15, 0.2) is 0 Å². The Morgan fingerprint density at radius 2 is 1.95 bits per heavy atom. The van der Waals surface area contributed by atoms with Gasteiger partial charge >= 0.3 is 0 Å². The lowest BCUT2D eigenvalue weighted by Gasteiger charge is -2.22. The fraction of sp³-hybridized carbons (Fsp3) is 0.667. The highest BCUT2D eigenvalue weighted by Crippen LogP contribution is 2.21. The van der Waals surface area contributed by atoms with Gasteiger partial charge in [-0.1, -0.05) is 36.8 Å². The first-order valence-corrected chi connectivity index (χ1v) is 8.14. The Bertz CT molecular complexity index is 396. The normalized spacial score (nSPS) is 21.6. The highest BCUT2D eigenvalue weighted by atomic mass is 15.2. The summed E-state index contributed by atoms with van der Waals surface area (Å²) >= 11 is 0. The summed E-state index contributed by atoms with van der Waals surface area (Å²) in [4.78, 5) is 2.60. The molecule has 2 unspecified atom stereocenters. The van der Waals surface area contributed by atoms with Gasteiger partial charge in [0.1, 0.15) is 0 Å². The van der Waals surface area contributed by atoms with Crippen LogP contribution in [0.1, 0.15) is 50.8 Å². The van der Waals surface area contributed by atoms with Crippen LogP contribution in [-0.4, -0.2) is 30.6 Å². The zero-order valence-corrected chi connectivity index (χ0v) is 13.5. The molecule has 0 aromatic heterocycles. The third kappa shape index (κ3) is 4.07. The molecule has 1 aromatic carbocycles. The average molecular weight is 274 g/mol. The van der Waals surface area contributed by atoms with E-state index in [1.54, 1.807) is 0 Å². The third-order valence-corrected chi connectivity index (χ3v) is 4.59. The van der Waals surface area contributed by atoms with Crippen molar-refractivity contribution in [2.75, 3.05) is 19.6 Å². The van der Waals surface area contributed by atoms with Crippen molar-refractivity contribution in [1.29, 1.82) is 0 Å². The predicted octanol–water partition coefficient (Wildman–Crippen LogP) is 3.77. The summed E-state index contributed by atoms with van der Waals surface area (Å²) in [6.07, 6.45) is 2.50. The van der Waals surface area contributed by atoms with E-state index in [4.69, 9.17) is 0 Å². The van der Waals surface area contributed by atoms with Crippen LogP contribution < -0.4 is 5.32 Å². The molecule has 1 heterocycles. The molecule has 1 N–H and O–H groups in total. The molecule has 1 aliphatic heterocycles. The number of likely N-dealkylation sites (tertiary alicyclic amines) is 1. The first-order chi connectivity index (χ1) is 9.60. The number of hydrogen-bond donors (Lipinski definition) is 1. The molecule has 1 fully saturated rings. The number of hydrogen-bond acceptors (Lipinski definition) is 2. The average Bonchev–Trinajstić information content (AvgIpc) is 2.90. The summed E-state index contributed by atoms with van der Waals surface area (Å²) in [5.41, 5.74) is 2.77. The highest BCUT2D eigenvalue weighted by Gasteiger charge is 2.24. The maximum absolute atomic E-state index is 3.78. The van der Waals surface area contributed by atoms with Gasteiger partial charge in [-0.3, -0.25) is 0 Å². The maximum atomic E-state index is 3.78. The molecular formula is C18H30N2. The lowest BCUT2D eigenvalue weighted by Crippen LogP contribution is -2.31. The second kappa shape index (κ2) is 7.24. The van der Waals surface area contributed by atoms with E-state index in [9.17, 15) is 0 Å². The molecule has 0 aliphatic carbocycles. The Kier molecular flexibility index (Phi) is 5.62. The van der Waals surface area contributed by atoms with Gasteiger partial charge in [-0.15, -0.1) is 0 Å². The third-order valence-electron chi connectivity index (χ3n) is 4.59. The van der Waals surface area contributed by atoms with Gasteiger partial charge in [0.25, 0.3) is 0 Å². The summed E-state index contributed by atoms with van der Waals surface area (Å²) in [6.45, 7) is 12.7. The standard InChI is InChI=1S/C18H30N2/c1-5-18(17-8-6-15(4)7-9-17)19-12-16-10-11-20(13-16)14(2)3/h6-9,14,16,18-19H,5,10-13H2,1-4H3. The maximum Gasteiger partial charge on any atom is 0.0317 e. The summed E-state index contributed by atoms with van der Waals surface area (Å²) in [7, 11) is 0. The molecule has 0 spiro atoms.